The van der Waals surface area contributed by atoms with Crippen LogP contribution in [0, 0.1) is 0 Å². The summed E-state index contributed by atoms with van der Waals surface area (Å²) in [7, 11) is 1.56. The third kappa shape index (κ3) is 8.93. The van der Waals surface area contributed by atoms with E-state index in [9.17, 15) is 14.4 Å². The quantitative estimate of drug-likeness (QED) is 0.127. The van der Waals surface area contributed by atoms with Crippen molar-refractivity contribution in [3.05, 3.63) is 95.7 Å². The number of nitrogens with one attached hydrogen (secondary N) is 3. The highest BCUT2D eigenvalue weighted by molar-refractivity contribution is 8.00. The molecule has 4 aromatic rings. The maximum absolute atomic E-state index is 13.4. The molecule has 0 bridgehead atoms. The van der Waals surface area contributed by atoms with Crippen LogP contribution >= 0.6 is 35.1 Å². The topological polar surface area (TPSA) is 122 Å². The minimum absolute atomic E-state index is 0.0561. The van der Waals surface area contributed by atoms with Crippen molar-refractivity contribution in [2.75, 3.05) is 23.5 Å². The fourth-order valence-electron chi connectivity index (χ4n) is 3.60. The Kier molecular flexibility index (Phi) is 11.2. The van der Waals surface area contributed by atoms with Crippen molar-refractivity contribution in [2.24, 2.45) is 0 Å². The van der Waals surface area contributed by atoms with Gasteiger partial charge in [-0.2, -0.15) is 9.36 Å². The van der Waals surface area contributed by atoms with E-state index in [0.29, 0.717) is 32.9 Å². The largest absolute Gasteiger partial charge is 0.497 e. The van der Waals surface area contributed by atoms with Crippen LogP contribution in [0.2, 0.25) is 0 Å². The first-order valence-corrected chi connectivity index (χ1v) is 15.6. The number of thioether (sulfide) groups is 2. The molecule has 12 heteroatoms. The van der Waals surface area contributed by atoms with Gasteiger partial charge in [-0.3, -0.25) is 19.7 Å². The highest BCUT2D eigenvalue weighted by atomic mass is 32.2. The summed E-state index contributed by atoms with van der Waals surface area (Å²) < 4.78 is 9.51. The standard InChI is InChI=1S/C30H29N5O4S3/c1-4-40-30-34-29(42-35-30)33-26(36)19(2)41-24-15-9-13-22(18-24)31-28(38)25(17-20-10-8-14-23(16-20)39-3)32-27(37)21-11-6-5-7-12-21/h5-19H,4H2,1-3H3,(H,31,38)(H,32,37)(H,33,34,35,36)/b25-17-. The van der Waals surface area contributed by atoms with Crippen LogP contribution in [0.25, 0.3) is 6.08 Å². The van der Waals surface area contributed by atoms with Crippen LogP contribution in [0.3, 0.4) is 0 Å². The van der Waals surface area contributed by atoms with E-state index in [0.717, 1.165) is 22.2 Å². The van der Waals surface area contributed by atoms with Gasteiger partial charge in [0.25, 0.3) is 11.8 Å². The van der Waals surface area contributed by atoms with Gasteiger partial charge in [-0.25, -0.2) is 0 Å². The van der Waals surface area contributed by atoms with Crippen LogP contribution in [0.1, 0.15) is 29.8 Å². The summed E-state index contributed by atoms with van der Waals surface area (Å²) in [5.41, 5.74) is 1.66. The molecule has 0 saturated heterocycles. The van der Waals surface area contributed by atoms with Crippen LogP contribution in [0.5, 0.6) is 5.75 Å². The minimum atomic E-state index is -0.507. The monoisotopic (exact) mass is 619 g/mol. The molecule has 42 heavy (non-hydrogen) atoms. The molecule has 1 heterocycles. The van der Waals surface area contributed by atoms with E-state index < -0.39 is 17.1 Å². The first-order chi connectivity index (χ1) is 20.3. The van der Waals surface area contributed by atoms with Gasteiger partial charge >= 0.3 is 0 Å². The van der Waals surface area contributed by atoms with Gasteiger partial charge in [0.2, 0.25) is 16.2 Å². The number of benzene rings is 3. The molecule has 3 amide bonds. The number of methoxy groups -OCH3 is 1. The Morgan fingerprint density at radius 1 is 1.00 bits per heavy atom. The second-order valence-electron chi connectivity index (χ2n) is 8.70. The first kappa shape index (κ1) is 30.8. The number of rotatable bonds is 12. The number of aromatic nitrogens is 2. The Morgan fingerprint density at radius 2 is 1.79 bits per heavy atom. The molecule has 9 nitrogen and oxygen atoms in total. The molecule has 1 atom stereocenters. The fraction of sp³-hybridized carbons (Fsp3) is 0.167. The molecular weight excluding hydrogens is 591 g/mol. The van der Waals surface area contributed by atoms with Crippen molar-refractivity contribution >= 4 is 69.7 Å². The van der Waals surface area contributed by atoms with Gasteiger partial charge in [-0.1, -0.05) is 55.1 Å². The van der Waals surface area contributed by atoms with E-state index in [4.69, 9.17) is 4.74 Å². The molecule has 1 unspecified atom stereocenters. The Morgan fingerprint density at radius 3 is 2.55 bits per heavy atom. The molecule has 0 fully saturated rings. The van der Waals surface area contributed by atoms with Crippen LogP contribution in [-0.2, 0) is 9.59 Å². The summed E-state index contributed by atoms with van der Waals surface area (Å²) in [6.07, 6.45) is 1.58. The highest BCUT2D eigenvalue weighted by Gasteiger charge is 2.18. The number of nitrogens with zero attached hydrogens (tertiary/aromatic N) is 2. The number of anilines is 2. The summed E-state index contributed by atoms with van der Waals surface area (Å²) in [4.78, 5) is 44.2. The van der Waals surface area contributed by atoms with Crippen molar-refractivity contribution in [1.29, 1.82) is 0 Å². The van der Waals surface area contributed by atoms with E-state index >= 15 is 0 Å². The van der Waals surface area contributed by atoms with E-state index in [1.807, 2.05) is 19.1 Å². The molecule has 3 aromatic carbocycles. The molecule has 0 saturated carbocycles. The summed E-state index contributed by atoms with van der Waals surface area (Å²) in [6, 6.07) is 23.0. The van der Waals surface area contributed by atoms with E-state index in [-0.39, 0.29) is 11.6 Å². The second kappa shape index (κ2) is 15.2. The van der Waals surface area contributed by atoms with E-state index in [1.54, 1.807) is 86.8 Å². The SMILES string of the molecule is CCSc1nsc(NC(=O)C(C)Sc2cccc(NC(=O)/C(=C/c3cccc(OC)c3)NC(=O)c3ccccc3)c2)n1. The van der Waals surface area contributed by atoms with Crippen molar-refractivity contribution in [2.45, 2.75) is 29.1 Å². The van der Waals surface area contributed by atoms with Crippen molar-refractivity contribution in [1.82, 2.24) is 14.7 Å². The number of hydrogen-bond acceptors (Lipinski definition) is 9. The molecule has 0 aliphatic heterocycles. The van der Waals surface area contributed by atoms with Crippen LogP contribution < -0.4 is 20.7 Å². The molecule has 4 rings (SSSR count). The number of carbonyl (C=O) groups excluding carboxylic acids is 3. The lowest BCUT2D eigenvalue weighted by atomic mass is 10.1. The molecular formula is C30H29N5O4S3. The Labute approximate surface area is 256 Å². The van der Waals surface area contributed by atoms with Crippen LogP contribution in [0.4, 0.5) is 10.8 Å². The van der Waals surface area contributed by atoms with Gasteiger partial charge in [0.05, 0.1) is 12.4 Å². The molecule has 216 valence electrons. The van der Waals surface area contributed by atoms with Gasteiger partial charge < -0.3 is 15.4 Å². The lowest BCUT2D eigenvalue weighted by molar-refractivity contribution is -0.115. The summed E-state index contributed by atoms with van der Waals surface area (Å²) in [5, 5.41) is 9.07. The number of ether oxygens (including phenoxy) is 1. The number of carbonyl (C=O) groups is 3. The van der Waals surface area contributed by atoms with Gasteiger partial charge in [-0.05, 0) is 66.8 Å². The molecule has 0 radical (unpaired) electrons. The zero-order chi connectivity index (χ0) is 29.9. The summed E-state index contributed by atoms with van der Waals surface area (Å²) in [5.74, 6) is 0.339. The Hall–Kier alpha value is -4.13. The van der Waals surface area contributed by atoms with Gasteiger partial charge in [0, 0.05) is 27.7 Å². The van der Waals surface area contributed by atoms with Crippen LogP contribution in [-0.4, -0.2) is 45.2 Å². The highest BCUT2D eigenvalue weighted by Crippen LogP contribution is 2.28. The average molecular weight is 620 g/mol. The average Bonchev–Trinajstić information content (AvgIpc) is 3.44. The molecule has 0 aliphatic rings. The molecule has 3 N–H and O–H groups in total. The smallest absolute Gasteiger partial charge is 0.272 e. The van der Waals surface area contributed by atoms with E-state index in [1.165, 1.54) is 23.5 Å². The third-order valence-corrected chi connectivity index (χ3v) is 8.19. The number of hydrogen-bond donors (Lipinski definition) is 3. The molecule has 0 spiro atoms. The minimum Gasteiger partial charge on any atom is -0.497 e. The lowest BCUT2D eigenvalue weighted by Gasteiger charge is -2.14. The van der Waals surface area contributed by atoms with Gasteiger partial charge in [0.15, 0.2) is 0 Å². The maximum Gasteiger partial charge on any atom is 0.272 e. The Bertz CT molecular complexity index is 1580. The first-order valence-electron chi connectivity index (χ1n) is 12.9. The van der Waals surface area contributed by atoms with Gasteiger partial charge in [-0.15, -0.1) is 11.8 Å². The predicted octanol–water partition coefficient (Wildman–Crippen LogP) is 6.19. The number of amides is 3. The zero-order valence-electron chi connectivity index (χ0n) is 23.1. The normalized spacial score (nSPS) is 11.8. The third-order valence-electron chi connectivity index (χ3n) is 5.62. The molecule has 1 aromatic heterocycles. The van der Waals surface area contributed by atoms with Crippen molar-refractivity contribution < 1.29 is 19.1 Å². The lowest BCUT2D eigenvalue weighted by Crippen LogP contribution is -2.30. The maximum atomic E-state index is 13.4. The Balaban J connectivity index is 1.47. The van der Waals surface area contributed by atoms with Crippen molar-refractivity contribution in [3.8, 4) is 5.75 Å². The van der Waals surface area contributed by atoms with E-state index in [2.05, 4.69) is 25.3 Å². The van der Waals surface area contributed by atoms with Gasteiger partial charge in [0.1, 0.15) is 11.4 Å². The van der Waals surface area contributed by atoms with Crippen molar-refractivity contribution in [3.63, 3.8) is 0 Å². The predicted molar refractivity (Wildman–Crippen MR) is 170 cm³/mol. The summed E-state index contributed by atoms with van der Waals surface area (Å²) in [6.45, 7) is 3.81. The summed E-state index contributed by atoms with van der Waals surface area (Å²) >= 11 is 4.00. The second-order valence-corrected chi connectivity index (χ2v) is 12.1. The van der Waals surface area contributed by atoms with Crippen LogP contribution in [0.15, 0.2) is 94.6 Å². The molecule has 0 aliphatic carbocycles. The zero-order valence-corrected chi connectivity index (χ0v) is 25.6. The fourth-order valence-corrected chi connectivity index (χ4v) is 5.80.